The summed E-state index contributed by atoms with van der Waals surface area (Å²) in [4.78, 5) is 19.7. The lowest BCUT2D eigenvalue weighted by Crippen LogP contribution is -2.31. The number of nitrogens with zero attached hydrogens (tertiary/aromatic N) is 2. The van der Waals surface area contributed by atoms with E-state index in [1.54, 1.807) is 44.7 Å². The van der Waals surface area contributed by atoms with Crippen LogP contribution in [0.25, 0.3) is 0 Å². The van der Waals surface area contributed by atoms with Crippen LogP contribution >= 0.6 is 0 Å². The fourth-order valence-electron chi connectivity index (χ4n) is 3.94. The van der Waals surface area contributed by atoms with Gasteiger partial charge in [0.15, 0.2) is 0 Å². The SMILES string of the molecule is COc1ccc(NC(=O)c2cccnc2N2C[C@@H]3CCN[C@@H]3C2)c(OC)c1. The molecule has 0 aliphatic carbocycles. The summed E-state index contributed by atoms with van der Waals surface area (Å²) >= 11 is 0. The van der Waals surface area contributed by atoms with E-state index in [1.165, 1.54) is 6.42 Å². The van der Waals surface area contributed by atoms with E-state index in [0.717, 1.165) is 25.5 Å². The Kier molecular flexibility index (Phi) is 4.85. The summed E-state index contributed by atoms with van der Waals surface area (Å²) in [5.74, 6) is 2.38. The number of aromatic nitrogens is 1. The third-order valence-electron chi connectivity index (χ3n) is 5.35. The van der Waals surface area contributed by atoms with Crippen molar-refractivity contribution >= 4 is 17.4 Å². The van der Waals surface area contributed by atoms with E-state index in [0.29, 0.717) is 34.7 Å². The first-order valence-corrected chi connectivity index (χ1v) is 9.16. The van der Waals surface area contributed by atoms with Gasteiger partial charge in [0.2, 0.25) is 0 Å². The first-order valence-electron chi connectivity index (χ1n) is 9.16. The number of fused-ring (bicyclic) bond motifs is 1. The predicted molar refractivity (Wildman–Crippen MR) is 104 cm³/mol. The van der Waals surface area contributed by atoms with Crippen LogP contribution in [-0.4, -0.2) is 50.8 Å². The number of methoxy groups -OCH3 is 2. The van der Waals surface area contributed by atoms with Crippen LogP contribution in [0.2, 0.25) is 0 Å². The lowest BCUT2D eigenvalue weighted by atomic mass is 10.1. The van der Waals surface area contributed by atoms with Gasteiger partial charge in [-0.25, -0.2) is 4.98 Å². The van der Waals surface area contributed by atoms with E-state index in [1.807, 2.05) is 6.07 Å². The topological polar surface area (TPSA) is 75.7 Å². The maximum absolute atomic E-state index is 13.0. The molecule has 2 N–H and O–H groups in total. The van der Waals surface area contributed by atoms with E-state index in [4.69, 9.17) is 9.47 Å². The fraction of sp³-hybridized carbons (Fsp3) is 0.400. The van der Waals surface area contributed by atoms with Crippen LogP contribution in [0, 0.1) is 5.92 Å². The number of anilines is 2. The zero-order chi connectivity index (χ0) is 18.8. The lowest BCUT2D eigenvalue weighted by Gasteiger charge is -2.21. The number of rotatable bonds is 5. The number of benzene rings is 1. The minimum absolute atomic E-state index is 0.202. The van der Waals surface area contributed by atoms with Crippen molar-refractivity contribution in [2.24, 2.45) is 5.92 Å². The highest BCUT2D eigenvalue weighted by molar-refractivity contribution is 6.08. The van der Waals surface area contributed by atoms with Crippen LogP contribution in [0.3, 0.4) is 0 Å². The van der Waals surface area contributed by atoms with Gasteiger partial charge in [0.05, 0.1) is 25.5 Å². The zero-order valence-corrected chi connectivity index (χ0v) is 15.6. The number of carbonyl (C=O) groups is 1. The molecule has 3 heterocycles. The Morgan fingerprint density at radius 1 is 1.26 bits per heavy atom. The smallest absolute Gasteiger partial charge is 0.259 e. The monoisotopic (exact) mass is 368 g/mol. The summed E-state index contributed by atoms with van der Waals surface area (Å²) < 4.78 is 10.6. The number of hydrogen-bond acceptors (Lipinski definition) is 6. The van der Waals surface area contributed by atoms with Gasteiger partial charge in [0, 0.05) is 31.4 Å². The standard InChI is InChI=1S/C20H24N4O3/c1-26-14-5-6-16(18(10-14)27-2)23-20(25)15-4-3-8-22-19(15)24-11-13-7-9-21-17(13)12-24/h3-6,8,10,13,17,21H,7,9,11-12H2,1-2H3,(H,23,25)/t13-,17+/m0/s1. The van der Waals surface area contributed by atoms with Gasteiger partial charge in [-0.3, -0.25) is 4.79 Å². The van der Waals surface area contributed by atoms with Crippen molar-refractivity contribution in [3.8, 4) is 11.5 Å². The van der Waals surface area contributed by atoms with Gasteiger partial charge >= 0.3 is 0 Å². The molecule has 2 aromatic rings. The van der Waals surface area contributed by atoms with Gasteiger partial charge in [-0.15, -0.1) is 0 Å². The molecule has 0 unspecified atom stereocenters. The molecular weight excluding hydrogens is 344 g/mol. The summed E-state index contributed by atoms with van der Waals surface area (Å²) in [7, 11) is 3.16. The molecule has 0 spiro atoms. The van der Waals surface area contributed by atoms with Crippen LogP contribution in [0.4, 0.5) is 11.5 Å². The van der Waals surface area contributed by atoms with Crippen molar-refractivity contribution in [2.45, 2.75) is 12.5 Å². The summed E-state index contributed by atoms with van der Waals surface area (Å²) in [6.07, 6.45) is 2.92. The van der Waals surface area contributed by atoms with Crippen molar-refractivity contribution in [3.63, 3.8) is 0 Å². The second-order valence-electron chi connectivity index (χ2n) is 6.91. The van der Waals surface area contributed by atoms with E-state index < -0.39 is 0 Å². The normalized spacial score (nSPS) is 21.0. The van der Waals surface area contributed by atoms with Gasteiger partial charge in [-0.2, -0.15) is 0 Å². The molecule has 2 saturated heterocycles. The Morgan fingerprint density at radius 3 is 2.93 bits per heavy atom. The number of hydrogen-bond donors (Lipinski definition) is 2. The van der Waals surface area contributed by atoms with E-state index in [2.05, 4.69) is 20.5 Å². The number of ether oxygens (including phenoxy) is 2. The Morgan fingerprint density at radius 2 is 2.15 bits per heavy atom. The molecule has 2 aliphatic rings. The van der Waals surface area contributed by atoms with Gasteiger partial charge in [-0.05, 0) is 43.1 Å². The molecule has 4 rings (SSSR count). The van der Waals surface area contributed by atoms with E-state index in [9.17, 15) is 4.79 Å². The molecule has 1 aromatic heterocycles. The number of pyridine rings is 1. The summed E-state index contributed by atoms with van der Waals surface area (Å²) in [5.41, 5.74) is 1.16. The average Bonchev–Trinajstić information content (AvgIpc) is 3.30. The molecule has 2 fully saturated rings. The second kappa shape index (κ2) is 7.44. The molecule has 7 heteroatoms. The summed E-state index contributed by atoms with van der Waals surface area (Å²) in [6, 6.07) is 9.40. The quantitative estimate of drug-likeness (QED) is 0.842. The Balaban J connectivity index is 1.56. The maximum atomic E-state index is 13.0. The van der Waals surface area contributed by atoms with E-state index >= 15 is 0 Å². The molecule has 0 radical (unpaired) electrons. The van der Waals surface area contributed by atoms with Gasteiger partial charge < -0.3 is 25.0 Å². The Labute approximate surface area is 158 Å². The van der Waals surface area contributed by atoms with Crippen LogP contribution in [-0.2, 0) is 0 Å². The first kappa shape index (κ1) is 17.6. The number of carbonyl (C=O) groups excluding carboxylic acids is 1. The second-order valence-corrected chi connectivity index (χ2v) is 6.91. The van der Waals surface area contributed by atoms with Crippen molar-refractivity contribution in [1.82, 2.24) is 10.3 Å². The van der Waals surface area contributed by atoms with Crippen molar-refractivity contribution < 1.29 is 14.3 Å². The average molecular weight is 368 g/mol. The highest BCUT2D eigenvalue weighted by atomic mass is 16.5. The molecule has 2 aliphatic heterocycles. The Hall–Kier alpha value is -2.80. The van der Waals surface area contributed by atoms with Crippen LogP contribution in [0.1, 0.15) is 16.8 Å². The van der Waals surface area contributed by atoms with Gasteiger partial charge in [-0.1, -0.05) is 0 Å². The molecule has 1 aromatic carbocycles. The van der Waals surface area contributed by atoms with Crippen molar-refractivity contribution in [3.05, 3.63) is 42.1 Å². The maximum Gasteiger partial charge on any atom is 0.259 e. The molecule has 0 bridgehead atoms. The van der Waals surface area contributed by atoms with Crippen molar-refractivity contribution in [2.75, 3.05) is 44.1 Å². The largest absolute Gasteiger partial charge is 0.497 e. The third-order valence-corrected chi connectivity index (χ3v) is 5.35. The number of amides is 1. The van der Waals surface area contributed by atoms with Gasteiger partial charge in [0.25, 0.3) is 5.91 Å². The summed E-state index contributed by atoms with van der Waals surface area (Å²) in [6.45, 7) is 2.89. The molecule has 27 heavy (non-hydrogen) atoms. The molecule has 0 saturated carbocycles. The molecule has 2 atom stereocenters. The highest BCUT2D eigenvalue weighted by Crippen LogP contribution is 2.32. The zero-order valence-electron chi connectivity index (χ0n) is 15.6. The van der Waals surface area contributed by atoms with Crippen LogP contribution in [0.5, 0.6) is 11.5 Å². The number of nitrogens with one attached hydrogen (secondary N) is 2. The lowest BCUT2D eigenvalue weighted by molar-refractivity contribution is 0.102. The van der Waals surface area contributed by atoms with E-state index in [-0.39, 0.29) is 5.91 Å². The summed E-state index contributed by atoms with van der Waals surface area (Å²) in [5, 5.41) is 6.48. The molecule has 142 valence electrons. The third kappa shape index (κ3) is 3.42. The predicted octanol–water partition coefficient (Wildman–Crippen LogP) is 2.15. The highest BCUT2D eigenvalue weighted by Gasteiger charge is 2.37. The minimum atomic E-state index is -0.202. The molecular formula is C20H24N4O3. The Bertz CT molecular complexity index is 830. The van der Waals surface area contributed by atoms with Gasteiger partial charge in [0.1, 0.15) is 17.3 Å². The minimum Gasteiger partial charge on any atom is -0.497 e. The fourth-order valence-corrected chi connectivity index (χ4v) is 3.94. The van der Waals surface area contributed by atoms with Crippen LogP contribution in [0.15, 0.2) is 36.5 Å². The van der Waals surface area contributed by atoms with Crippen molar-refractivity contribution in [1.29, 1.82) is 0 Å². The van der Waals surface area contributed by atoms with Crippen LogP contribution < -0.4 is 25.0 Å². The molecule has 7 nitrogen and oxygen atoms in total. The molecule has 1 amide bonds. The first-order chi connectivity index (χ1) is 13.2.